The first-order valence-electron chi connectivity index (χ1n) is 9.13. The molecule has 142 valence electrons. The Morgan fingerprint density at radius 3 is 2.59 bits per heavy atom. The second-order valence-corrected chi connectivity index (χ2v) is 7.39. The summed E-state index contributed by atoms with van der Waals surface area (Å²) in [6, 6.07) is 15.3. The highest BCUT2D eigenvalue weighted by Crippen LogP contribution is 2.29. The van der Waals surface area contributed by atoms with Gasteiger partial charge in [-0.2, -0.15) is 0 Å². The number of carbonyl (C=O) groups is 2. The topological polar surface area (TPSA) is 67.4 Å². The highest BCUT2D eigenvalue weighted by molar-refractivity contribution is 9.10. The van der Waals surface area contributed by atoms with E-state index in [1.807, 2.05) is 30.3 Å². The maximum Gasteiger partial charge on any atom is 0.251 e. The fraction of sp³-hybridized carbons (Fsp3) is 0.333. The molecule has 0 bridgehead atoms. The summed E-state index contributed by atoms with van der Waals surface area (Å²) in [5.74, 6) is -0.142. The predicted molar refractivity (Wildman–Crippen MR) is 108 cm³/mol. The van der Waals surface area contributed by atoms with Crippen molar-refractivity contribution < 1.29 is 14.3 Å². The van der Waals surface area contributed by atoms with Crippen LogP contribution in [0.4, 0.5) is 0 Å². The summed E-state index contributed by atoms with van der Waals surface area (Å²) in [4.78, 5) is 24.2. The zero-order chi connectivity index (χ0) is 19.1. The number of fused-ring (bicyclic) bond motifs is 1. The molecule has 1 unspecified atom stereocenters. The van der Waals surface area contributed by atoms with Crippen LogP contribution in [0.1, 0.15) is 40.4 Å². The lowest BCUT2D eigenvalue weighted by atomic mass is 9.95. The average Bonchev–Trinajstić information content (AvgIpc) is 2.68. The Hall–Kier alpha value is -2.18. The Balaban J connectivity index is 1.36. The molecule has 0 saturated heterocycles. The lowest BCUT2D eigenvalue weighted by molar-refractivity contribution is -0.124. The molecule has 2 aromatic rings. The van der Waals surface area contributed by atoms with Gasteiger partial charge in [-0.3, -0.25) is 9.59 Å². The monoisotopic (exact) mass is 430 g/mol. The van der Waals surface area contributed by atoms with Gasteiger partial charge in [0.1, 0.15) is 0 Å². The van der Waals surface area contributed by atoms with Crippen LogP contribution in [0.5, 0.6) is 0 Å². The van der Waals surface area contributed by atoms with Gasteiger partial charge in [-0.15, -0.1) is 0 Å². The molecule has 0 fully saturated rings. The fourth-order valence-electron chi connectivity index (χ4n) is 3.11. The molecule has 0 aromatic heterocycles. The van der Waals surface area contributed by atoms with E-state index in [1.54, 1.807) is 12.1 Å². The van der Waals surface area contributed by atoms with Crippen LogP contribution in [0.2, 0.25) is 0 Å². The van der Waals surface area contributed by atoms with Crippen molar-refractivity contribution in [1.82, 2.24) is 10.6 Å². The van der Waals surface area contributed by atoms with Crippen molar-refractivity contribution in [3.8, 4) is 0 Å². The van der Waals surface area contributed by atoms with E-state index < -0.39 is 0 Å². The third kappa shape index (κ3) is 5.65. The first-order valence-corrected chi connectivity index (χ1v) is 9.92. The van der Waals surface area contributed by atoms with Gasteiger partial charge in [0.2, 0.25) is 5.91 Å². The van der Waals surface area contributed by atoms with Gasteiger partial charge in [0, 0.05) is 23.1 Å². The molecule has 1 aliphatic rings. The Kier molecular flexibility index (Phi) is 7.01. The second kappa shape index (κ2) is 9.67. The molecule has 3 rings (SSSR count). The van der Waals surface area contributed by atoms with Gasteiger partial charge >= 0.3 is 0 Å². The van der Waals surface area contributed by atoms with Crippen LogP contribution in [0.15, 0.2) is 53.0 Å². The summed E-state index contributed by atoms with van der Waals surface area (Å²) < 4.78 is 6.71. The molecule has 2 amide bonds. The quantitative estimate of drug-likeness (QED) is 0.661. The Bertz CT molecular complexity index is 792. The van der Waals surface area contributed by atoms with E-state index in [-0.39, 0.29) is 17.9 Å². The van der Waals surface area contributed by atoms with Crippen molar-refractivity contribution in [3.63, 3.8) is 0 Å². The molecule has 0 radical (unpaired) electrons. The van der Waals surface area contributed by atoms with Gasteiger partial charge in [-0.05, 0) is 48.2 Å². The van der Waals surface area contributed by atoms with Gasteiger partial charge in [0.25, 0.3) is 5.91 Å². The molecule has 0 spiro atoms. The first kappa shape index (κ1) is 19.6. The summed E-state index contributed by atoms with van der Waals surface area (Å²) in [5, 5.41) is 5.76. The highest BCUT2D eigenvalue weighted by atomic mass is 79.9. The smallest absolute Gasteiger partial charge is 0.251 e. The van der Waals surface area contributed by atoms with E-state index in [0.717, 1.165) is 16.5 Å². The van der Waals surface area contributed by atoms with E-state index >= 15 is 0 Å². The van der Waals surface area contributed by atoms with Crippen LogP contribution >= 0.6 is 15.9 Å². The van der Waals surface area contributed by atoms with Crippen molar-refractivity contribution in [1.29, 1.82) is 0 Å². The number of rotatable bonds is 7. The summed E-state index contributed by atoms with van der Waals surface area (Å²) in [7, 11) is 0. The minimum Gasteiger partial charge on any atom is -0.373 e. The molecule has 27 heavy (non-hydrogen) atoms. The molecule has 6 heteroatoms. The third-order valence-corrected chi connectivity index (χ3v) is 5.06. The van der Waals surface area contributed by atoms with Crippen molar-refractivity contribution >= 4 is 27.7 Å². The maximum atomic E-state index is 12.2. The van der Waals surface area contributed by atoms with Crippen molar-refractivity contribution in [2.45, 2.75) is 25.4 Å². The Labute approximate surface area is 167 Å². The molecule has 1 aliphatic heterocycles. The highest BCUT2D eigenvalue weighted by Gasteiger charge is 2.22. The van der Waals surface area contributed by atoms with E-state index in [0.29, 0.717) is 38.1 Å². The molecule has 1 heterocycles. The number of hydrogen-bond acceptors (Lipinski definition) is 3. The largest absolute Gasteiger partial charge is 0.373 e. The van der Waals surface area contributed by atoms with Gasteiger partial charge in [-0.25, -0.2) is 0 Å². The zero-order valence-electron chi connectivity index (χ0n) is 15.0. The molecule has 2 N–H and O–H groups in total. The molecular weight excluding hydrogens is 408 g/mol. The van der Waals surface area contributed by atoms with E-state index in [1.165, 1.54) is 5.56 Å². The van der Waals surface area contributed by atoms with Gasteiger partial charge in [0.05, 0.1) is 19.1 Å². The lowest BCUT2D eigenvalue weighted by Gasteiger charge is -2.25. The summed E-state index contributed by atoms with van der Waals surface area (Å²) >= 11 is 3.34. The van der Waals surface area contributed by atoms with Gasteiger partial charge in [0.15, 0.2) is 0 Å². The van der Waals surface area contributed by atoms with Crippen molar-refractivity contribution in [2.75, 3.05) is 19.7 Å². The molecule has 0 saturated carbocycles. The molecule has 1 atom stereocenters. The van der Waals surface area contributed by atoms with Crippen molar-refractivity contribution in [3.05, 3.63) is 69.7 Å². The Morgan fingerprint density at radius 1 is 1.04 bits per heavy atom. The average molecular weight is 431 g/mol. The number of hydrogen-bond donors (Lipinski definition) is 2. The van der Waals surface area contributed by atoms with E-state index in [4.69, 9.17) is 4.74 Å². The van der Waals surface area contributed by atoms with Crippen LogP contribution in [0.25, 0.3) is 0 Å². The number of amides is 2. The summed E-state index contributed by atoms with van der Waals surface area (Å²) in [6.07, 6.45) is 1.72. The van der Waals surface area contributed by atoms with Crippen LogP contribution < -0.4 is 10.6 Å². The molecular formula is C21H23BrN2O3. The SMILES string of the molecule is O=C(CC1OCCc2ccccc21)NCCCNC(=O)c1ccc(Br)cc1. The summed E-state index contributed by atoms with van der Waals surface area (Å²) in [5.41, 5.74) is 2.99. The third-order valence-electron chi connectivity index (χ3n) is 4.53. The zero-order valence-corrected chi connectivity index (χ0v) is 16.6. The number of benzene rings is 2. The molecule has 2 aromatic carbocycles. The van der Waals surface area contributed by atoms with Crippen LogP contribution in [-0.4, -0.2) is 31.5 Å². The molecule has 5 nitrogen and oxygen atoms in total. The Morgan fingerprint density at radius 2 is 1.78 bits per heavy atom. The normalized spacial score (nSPS) is 15.7. The first-order chi connectivity index (χ1) is 13.1. The minimum atomic E-state index is -0.174. The molecule has 0 aliphatic carbocycles. The minimum absolute atomic E-state index is 0.0315. The van der Waals surface area contributed by atoms with Gasteiger partial charge < -0.3 is 15.4 Å². The van der Waals surface area contributed by atoms with Gasteiger partial charge in [-0.1, -0.05) is 40.2 Å². The van der Waals surface area contributed by atoms with E-state index in [2.05, 4.69) is 32.6 Å². The lowest BCUT2D eigenvalue weighted by Crippen LogP contribution is -2.31. The van der Waals surface area contributed by atoms with Crippen LogP contribution in [0.3, 0.4) is 0 Å². The summed E-state index contributed by atoms with van der Waals surface area (Å²) in [6.45, 7) is 1.68. The second-order valence-electron chi connectivity index (χ2n) is 6.48. The van der Waals surface area contributed by atoms with Crippen LogP contribution in [-0.2, 0) is 16.0 Å². The maximum absolute atomic E-state index is 12.2. The number of ether oxygens (including phenoxy) is 1. The number of nitrogens with one attached hydrogen (secondary N) is 2. The van der Waals surface area contributed by atoms with Crippen molar-refractivity contribution in [2.24, 2.45) is 0 Å². The number of halogens is 1. The van der Waals surface area contributed by atoms with Crippen LogP contribution in [0, 0.1) is 0 Å². The fourth-order valence-corrected chi connectivity index (χ4v) is 3.37. The predicted octanol–water partition coefficient (Wildman–Crippen LogP) is 3.39. The standard InChI is InChI=1S/C21H23BrN2O3/c22-17-8-6-16(7-9-17)21(26)24-12-3-11-23-20(25)14-19-18-5-2-1-4-15(18)10-13-27-19/h1-2,4-9,19H,3,10-14H2,(H,23,25)(H,24,26). The number of carbonyl (C=O) groups excluding carboxylic acids is 2. The van der Waals surface area contributed by atoms with E-state index in [9.17, 15) is 9.59 Å².